The van der Waals surface area contributed by atoms with E-state index in [0.29, 0.717) is 5.92 Å². The predicted molar refractivity (Wildman–Crippen MR) is 105 cm³/mol. The molecule has 2 fully saturated rings. The summed E-state index contributed by atoms with van der Waals surface area (Å²) in [6.07, 6.45) is 3.25. The molecule has 1 aliphatic heterocycles. The molecule has 1 saturated heterocycles. The quantitative estimate of drug-likeness (QED) is 0.624. The highest BCUT2D eigenvalue weighted by Crippen LogP contribution is 2.39. The van der Waals surface area contributed by atoms with Gasteiger partial charge >= 0.3 is 0 Å². The molecule has 2 aliphatic rings. The number of nitrogens with two attached hydrogens (primary N) is 1. The van der Waals surface area contributed by atoms with Crippen LogP contribution in [0.2, 0.25) is 0 Å². The molecule has 0 unspecified atom stereocenters. The van der Waals surface area contributed by atoms with E-state index >= 15 is 0 Å². The third-order valence-corrected chi connectivity index (χ3v) is 5.06. The van der Waals surface area contributed by atoms with Crippen molar-refractivity contribution in [2.24, 2.45) is 5.73 Å². The Kier molecular flexibility index (Phi) is 4.01. The zero-order chi connectivity index (χ0) is 18.2. The van der Waals surface area contributed by atoms with Crippen LogP contribution in [-0.2, 0) is 6.42 Å². The van der Waals surface area contributed by atoms with Crippen LogP contribution in [0, 0.1) is 0 Å². The number of aromatic amines is 1. The molecule has 2 aromatic heterocycles. The summed E-state index contributed by atoms with van der Waals surface area (Å²) in [4.78, 5) is 11.6. The van der Waals surface area contributed by atoms with Crippen molar-refractivity contribution >= 4 is 17.6 Å². The molecule has 7 heteroatoms. The van der Waals surface area contributed by atoms with E-state index in [0.717, 1.165) is 42.8 Å². The third-order valence-electron chi connectivity index (χ3n) is 5.06. The molecule has 0 atom stereocenters. The zero-order valence-electron chi connectivity index (χ0n) is 15.1. The number of aromatic nitrogens is 4. The molecule has 5 rings (SSSR count). The number of rotatable bonds is 6. The monoisotopic (exact) mass is 361 g/mol. The van der Waals surface area contributed by atoms with E-state index < -0.39 is 0 Å². The normalized spacial score (nSPS) is 17.0. The summed E-state index contributed by atoms with van der Waals surface area (Å²) in [6, 6.07) is 14.6. The van der Waals surface area contributed by atoms with Gasteiger partial charge in [0.05, 0.1) is 5.69 Å². The smallest absolute Gasteiger partial charge is 0.227 e. The summed E-state index contributed by atoms with van der Waals surface area (Å²) in [5.41, 5.74) is 9.34. The summed E-state index contributed by atoms with van der Waals surface area (Å²) < 4.78 is 0. The van der Waals surface area contributed by atoms with Gasteiger partial charge in [-0.05, 0) is 18.4 Å². The van der Waals surface area contributed by atoms with Crippen molar-refractivity contribution < 1.29 is 0 Å². The summed E-state index contributed by atoms with van der Waals surface area (Å²) in [5, 5.41) is 10.8. The summed E-state index contributed by atoms with van der Waals surface area (Å²) in [7, 11) is 0. The molecule has 3 aromatic rings. The topological polar surface area (TPSA) is 95.8 Å². The Balaban J connectivity index is 1.41. The number of H-pyrrole nitrogens is 1. The molecule has 27 heavy (non-hydrogen) atoms. The Morgan fingerprint density at radius 2 is 1.89 bits per heavy atom. The molecule has 138 valence electrons. The van der Waals surface area contributed by atoms with Crippen LogP contribution in [0.3, 0.4) is 0 Å². The van der Waals surface area contributed by atoms with Crippen LogP contribution in [0.15, 0.2) is 42.5 Å². The van der Waals surface area contributed by atoms with Gasteiger partial charge in [0.2, 0.25) is 5.95 Å². The first-order valence-corrected chi connectivity index (χ1v) is 9.48. The van der Waals surface area contributed by atoms with Crippen molar-refractivity contribution in [2.45, 2.75) is 31.2 Å². The molecule has 1 saturated carbocycles. The van der Waals surface area contributed by atoms with Gasteiger partial charge in [-0.3, -0.25) is 5.10 Å². The minimum atomic E-state index is 0.204. The van der Waals surface area contributed by atoms with Crippen LogP contribution in [-0.4, -0.2) is 39.3 Å². The first kappa shape index (κ1) is 16.3. The molecular formula is C20H23N7. The predicted octanol–water partition coefficient (Wildman–Crippen LogP) is 2.56. The molecule has 3 heterocycles. The Morgan fingerprint density at radius 1 is 1.07 bits per heavy atom. The van der Waals surface area contributed by atoms with Crippen LogP contribution in [0.25, 0.3) is 0 Å². The van der Waals surface area contributed by atoms with Crippen LogP contribution in [0.4, 0.5) is 17.6 Å². The molecule has 7 nitrogen and oxygen atoms in total. The molecule has 1 aliphatic carbocycles. The van der Waals surface area contributed by atoms with Gasteiger partial charge in [0.1, 0.15) is 5.82 Å². The zero-order valence-corrected chi connectivity index (χ0v) is 15.1. The van der Waals surface area contributed by atoms with Crippen molar-refractivity contribution in [3.05, 3.63) is 59.4 Å². The first-order chi connectivity index (χ1) is 13.2. The van der Waals surface area contributed by atoms with Crippen molar-refractivity contribution in [1.82, 2.24) is 20.2 Å². The lowest BCUT2D eigenvalue weighted by Crippen LogP contribution is -2.56. The van der Waals surface area contributed by atoms with Crippen molar-refractivity contribution in [1.29, 1.82) is 0 Å². The molecule has 0 bridgehead atoms. The van der Waals surface area contributed by atoms with Crippen LogP contribution < -0.4 is 16.0 Å². The van der Waals surface area contributed by atoms with Gasteiger partial charge in [-0.2, -0.15) is 10.1 Å². The van der Waals surface area contributed by atoms with Crippen LogP contribution in [0.5, 0.6) is 0 Å². The molecule has 4 N–H and O–H groups in total. The van der Waals surface area contributed by atoms with Gasteiger partial charge in [0, 0.05) is 49.3 Å². The fourth-order valence-electron chi connectivity index (χ4n) is 3.40. The average molecular weight is 361 g/mol. The van der Waals surface area contributed by atoms with E-state index in [1.165, 1.54) is 24.1 Å². The minimum Gasteiger partial charge on any atom is -0.338 e. The maximum absolute atomic E-state index is 5.94. The van der Waals surface area contributed by atoms with Crippen LogP contribution in [0.1, 0.15) is 35.7 Å². The summed E-state index contributed by atoms with van der Waals surface area (Å²) >= 11 is 0. The van der Waals surface area contributed by atoms with E-state index in [1.54, 1.807) is 0 Å². The second-order valence-corrected chi connectivity index (χ2v) is 7.48. The Labute approximate surface area is 158 Å². The standard InChI is InChI=1S/C20H23N7/c21-15-11-27(12-15)20-22-16(8-13-4-2-1-3-5-13)9-18(24-20)23-19-10-17(25-26-19)14-6-7-14/h1-5,9-10,14-15H,6-8,11-12,21H2,(H2,22,23,24,25,26). The summed E-state index contributed by atoms with van der Waals surface area (Å²) in [5.74, 6) is 2.93. The summed E-state index contributed by atoms with van der Waals surface area (Å²) in [6.45, 7) is 1.59. The second kappa shape index (κ2) is 6.66. The van der Waals surface area contributed by atoms with E-state index in [-0.39, 0.29) is 6.04 Å². The number of nitrogens with zero attached hydrogens (tertiary/aromatic N) is 4. The number of hydrogen-bond donors (Lipinski definition) is 3. The number of benzene rings is 1. The minimum absolute atomic E-state index is 0.204. The van der Waals surface area contributed by atoms with Crippen molar-refractivity contribution in [3.63, 3.8) is 0 Å². The van der Waals surface area contributed by atoms with E-state index in [1.807, 2.05) is 24.3 Å². The Hall–Kier alpha value is -2.93. The van der Waals surface area contributed by atoms with Gasteiger partial charge in [-0.25, -0.2) is 4.98 Å². The molecule has 1 aromatic carbocycles. The van der Waals surface area contributed by atoms with Gasteiger partial charge in [-0.1, -0.05) is 30.3 Å². The maximum atomic E-state index is 5.94. The lowest BCUT2D eigenvalue weighted by Gasteiger charge is -2.37. The van der Waals surface area contributed by atoms with Gasteiger partial charge in [-0.15, -0.1) is 0 Å². The van der Waals surface area contributed by atoms with Gasteiger partial charge in [0.15, 0.2) is 5.82 Å². The largest absolute Gasteiger partial charge is 0.338 e. The lowest BCUT2D eigenvalue weighted by atomic mass is 10.1. The highest BCUT2D eigenvalue weighted by molar-refractivity contribution is 5.55. The third kappa shape index (κ3) is 3.64. The first-order valence-electron chi connectivity index (χ1n) is 9.48. The molecular weight excluding hydrogens is 338 g/mol. The second-order valence-electron chi connectivity index (χ2n) is 7.48. The maximum Gasteiger partial charge on any atom is 0.227 e. The molecule has 0 spiro atoms. The van der Waals surface area contributed by atoms with E-state index in [4.69, 9.17) is 15.7 Å². The molecule has 0 amide bonds. The Bertz CT molecular complexity index is 927. The molecule has 0 radical (unpaired) electrons. The van der Waals surface area contributed by atoms with E-state index in [2.05, 4.69) is 38.6 Å². The van der Waals surface area contributed by atoms with E-state index in [9.17, 15) is 0 Å². The van der Waals surface area contributed by atoms with Gasteiger partial charge in [0.25, 0.3) is 0 Å². The Morgan fingerprint density at radius 3 is 2.63 bits per heavy atom. The average Bonchev–Trinajstić information content (AvgIpc) is 3.39. The van der Waals surface area contributed by atoms with Crippen molar-refractivity contribution in [3.8, 4) is 0 Å². The van der Waals surface area contributed by atoms with Gasteiger partial charge < -0.3 is 16.0 Å². The fraction of sp³-hybridized carbons (Fsp3) is 0.350. The lowest BCUT2D eigenvalue weighted by molar-refractivity contribution is 0.508. The fourth-order valence-corrected chi connectivity index (χ4v) is 3.40. The van der Waals surface area contributed by atoms with Crippen LogP contribution >= 0.6 is 0 Å². The number of nitrogens with one attached hydrogen (secondary N) is 2. The number of hydrogen-bond acceptors (Lipinski definition) is 6. The van der Waals surface area contributed by atoms with Crippen molar-refractivity contribution in [2.75, 3.05) is 23.3 Å². The highest BCUT2D eigenvalue weighted by Gasteiger charge is 2.27. The number of anilines is 3. The highest BCUT2D eigenvalue weighted by atomic mass is 15.3. The SMILES string of the molecule is NC1CN(c2nc(Cc3ccccc3)cc(Nc3cc(C4CC4)[nH]n3)n2)C1.